The van der Waals surface area contributed by atoms with Crippen LogP contribution in [0.3, 0.4) is 0 Å². The highest BCUT2D eigenvalue weighted by Crippen LogP contribution is 1.82. The number of nitrogens with one attached hydrogen (secondary N) is 1. The van der Waals surface area contributed by atoms with Gasteiger partial charge in [0.05, 0.1) is 0 Å². The maximum absolute atomic E-state index is 11.0. The summed E-state index contributed by atoms with van der Waals surface area (Å²) in [5.74, 6) is 0. The minimum absolute atomic E-state index is 0.0122. The second kappa shape index (κ2) is 2.68. The van der Waals surface area contributed by atoms with Gasteiger partial charge in [-0.15, -0.1) is 0 Å². The van der Waals surface area contributed by atoms with E-state index in [0.29, 0.717) is 5.69 Å². The van der Waals surface area contributed by atoms with Gasteiger partial charge in [-0.25, -0.2) is 9.90 Å². The summed E-state index contributed by atoms with van der Waals surface area (Å²) in [5.41, 5.74) is 0.523. The number of hydrogen-bond acceptors (Lipinski definition) is 2. The quantitative estimate of drug-likeness (QED) is 0.643. The summed E-state index contributed by atoms with van der Waals surface area (Å²) in [7, 11) is 0. The summed E-state index contributed by atoms with van der Waals surface area (Å²) in [6.07, 6.45) is 0.946. The van der Waals surface area contributed by atoms with E-state index in [9.17, 15) is 4.79 Å². The summed E-state index contributed by atoms with van der Waals surface area (Å²) in [5, 5.41) is 6.39. The van der Waals surface area contributed by atoms with Crippen LogP contribution in [0.25, 0.3) is 0 Å². The Labute approximate surface area is 58.8 Å². The van der Waals surface area contributed by atoms with E-state index in [1.807, 2.05) is 6.92 Å². The highest BCUT2D eigenvalue weighted by Gasteiger charge is 1.99. The second-order valence-corrected chi connectivity index (χ2v) is 2.25. The van der Waals surface area contributed by atoms with Gasteiger partial charge in [0.1, 0.15) is 5.69 Å². The Morgan fingerprint density at radius 3 is 2.80 bits per heavy atom. The molecule has 56 valence electrons. The predicted molar refractivity (Wildman–Crippen MR) is 37.9 cm³/mol. The highest BCUT2D eigenvalue weighted by molar-refractivity contribution is 4.88. The Kier molecular flexibility index (Phi) is 1.89. The molecular formula is C6H11N3O. The van der Waals surface area contributed by atoms with Crippen molar-refractivity contribution in [3.8, 4) is 0 Å². The van der Waals surface area contributed by atoms with Crippen LogP contribution in [0, 0.1) is 6.92 Å². The lowest BCUT2D eigenvalue weighted by atomic mass is 10.5. The SMILES string of the molecule is CCCn1[nH]nc(C)c1=O. The highest BCUT2D eigenvalue weighted by atomic mass is 16.1. The van der Waals surface area contributed by atoms with Crippen LogP contribution in [0.5, 0.6) is 0 Å². The Balaban J connectivity index is 2.95. The molecule has 0 bridgehead atoms. The normalized spacial score (nSPS) is 10.2. The van der Waals surface area contributed by atoms with Gasteiger partial charge in [0, 0.05) is 6.54 Å². The average molecular weight is 141 g/mol. The van der Waals surface area contributed by atoms with Gasteiger partial charge in [0.2, 0.25) is 0 Å². The maximum Gasteiger partial charge on any atom is 0.289 e. The summed E-state index contributed by atoms with van der Waals surface area (Å²) < 4.78 is 1.51. The average Bonchev–Trinajstić information content (AvgIpc) is 2.20. The van der Waals surface area contributed by atoms with Gasteiger partial charge >= 0.3 is 0 Å². The van der Waals surface area contributed by atoms with E-state index in [-0.39, 0.29) is 5.56 Å². The Bertz CT molecular complexity index is 260. The smallest absolute Gasteiger partial charge is 0.266 e. The summed E-state index contributed by atoms with van der Waals surface area (Å²) in [4.78, 5) is 11.0. The monoisotopic (exact) mass is 141 g/mol. The third kappa shape index (κ3) is 1.10. The van der Waals surface area contributed by atoms with Crippen molar-refractivity contribution in [2.24, 2.45) is 0 Å². The molecule has 1 rings (SSSR count). The fourth-order valence-corrected chi connectivity index (χ4v) is 0.799. The van der Waals surface area contributed by atoms with Crippen LogP contribution in [-0.4, -0.2) is 15.0 Å². The molecule has 4 heteroatoms. The van der Waals surface area contributed by atoms with Gasteiger partial charge in [0.25, 0.3) is 5.56 Å². The number of nitrogens with zero attached hydrogens (tertiary/aromatic N) is 2. The zero-order valence-corrected chi connectivity index (χ0v) is 6.22. The number of aromatic amines is 1. The molecule has 0 aliphatic heterocycles. The first-order valence-corrected chi connectivity index (χ1v) is 3.37. The molecule has 0 saturated heterocycles. The van der Waals surface area contributed by atoms with Gasteiger partial charge in [-0.1, -0.05) is 6.92 Å². The maximum atomic E-state index is 11.0. The van der Waals surface area contributed by atoms with Crippen LogP contribution in [-0.2, 0) is 6.54 Å². The first-order valence-electron chi connectivity index (χ1n) is 3.37. The fourth-order valence-electron chi connectivity index (χ4n) is 0.799. The summed E-state index contributed by atoms with van der Waals surface area (Å²) in [6.45, 7) is 4.44. The number of aromatic nitrogens is 3. The Morgan fingerprint density at radius 1 is 1.70 bits per heavy atom. The Morgan fingerprint density at radius 2 is 2.40 bits per heavy atom. The molecule has 4 nitrogen and oxygen atoms in total. The molecule has 1 aromatic rings. The summed E-state index contributed by atoms with van der Waals surface area (Å²) in [6, 6.07) is 0. The number of hydrogen-bond donors (Lipinski definition) is 1. The number of rotatable bonds is 2. The molecule has 1 aromatic heterocycles. The predicted octanol–water partition coefficient (Wildman–Crippen LogP) is 0.290. The molecule has 0 amide bonds. The topological polar surface area (TPSA) is 50.7 Å². The van der Waals surface area contributed by atoms with E-state index in [4.69, 9.17) is 0 Å². The minimum atomic E-state index is -0.0122. The zero-order valence-electron chi connectivity index (χ0n) is 6.22. The van der Waals surface area contributed by atoms with Crippen LogP contribution < -0.4 is 5.56 Å². The molecule has 10 heavy (non-hydrogen) atoms. The van der Waals surface area contributed by atoms with Crippen LogP contribution in [0.15, 0.2) is 4.79 Å². The molecule has 0 radical (unpaired) electrons. The van der Waals surface area contributed by atoms with E-state index in [0.717, 1.165) is 13.0 Å². The molecule has 1 N–H and O–H groups in total. The minimum Gasteiger partial charge on any atom is -0.266 e. The van der Waals surface area contributed by atoms with E-state index in [2.05, 4.69) is 10.3 Å². The standard InChI is InChI=1S/C6H11N3O/c1-3-4-9-6(10)5(2)7-8-9/h8H,3-4H2,1-2H3. The largest absolute Gasteiger partial charge is 0.289 e. The first kappa shape index (κ1) is 7.05. The molecule has 0 unspecified atom stereocenters. The molecule has 0 spiro atoms. The molecule has 0 aliphatic rings. The lowest BCUT2D eigenvalue weighted by molar-refractivity contribution is 0.564. The van der Waals surface area contributed by atoms with Crippen LogP contribution in [0.1, 0.15) is 19.0 Å². The number of H-pyrrole nitrogens is 1. The molecule has 0 saturated carbocycles. The molecule has 0 aliphatic carbocycles. The molecule has 0 aromatic carbocycles. The van der Waals surface area contributed by atoms with Gasteiger partial charge in [-0.2, -0.15) is 5.10 Å². The van der Waals surface area contributed by atoms with E-state index in [1.54, 1.807) is 6.92 Å². The van der Waals surface area contributed by atoms with Crippen molar-refractivity contribution in [2.45, 2.75) is 26.8 Å². The summed E-state index contributed by atoms with van der Waals surface area (Å²) >= 11 is 0. The van der Waals surface area contributed by atoms with Crippen molar-refractivity contribution in [3.63, 3.8) is 0 Å². The van der Waals surface area contributed by atoms with Gasteiger partial charge < -0.3 is 0 Å². The van der Waals surface area contributed by atoms with Crippen molar-refractivity contribution in [1.82, 2.24) is 15.0 Å². The van der Waals surface area contributed by atoms with Crippen molar-refractivity contribution >= 4 is 0 Å². The van der Waals surface area contributed by atoms with Crippen LogP contribution >= 0.6 is 0 Å². The van der Waals surface area contributed by atoms with Gasteiger partial charge in [-0.3, -0.25) is 4.79 Å². The molecular weight excluding hydrogens is 130 g/mol. The zero-order chi connectivity index (χ0) is 7.56. The molecule has 0 fully saturated rings. The van der Waals surface area contributed by atoms with Crippen molar-refractivity contribution in [2.75, 3.05) is 0 Å². The van der Waals surface area contributed by atoms with Crippen molar-refractivity contribution in [3.05, 3.63) is 16.0 Å². The van der Waals surface area contributed by atoms with Crippen LogP contribution in [0.2, 0.25) is 0 Å². The third-order valence-corrected chi connectivity index (χ3v) is 1.34. The fraction of sp³-hybridized carbons (Fsp3) is 0.667. The molecule has 1 heterocycles. The second-order valence-electron chi connectivity index (χ2n) is 2.25. The third-order valence-electron chi connectivity index (χ3n) is 1.34. The van der Waals surface area contributed by atoms with E-state index in [1.165, 1.54) is 4.68 Å². The van der Waals surface area contributed by atoms with Crippen molar-refractivity contribution < 1.29 is 0 Å². The lowest BCUT2D eigenvalue weighted by Gasteiger charge is -1.92. The van der Waals surface area contributed by atoms with Crippen molar-refractivity contribution in [1.29, 1.82) is 0 Å². The van der Waals surface area contributed by atoms with E-state index < -0.39 is 0 Å². The first-order chi connectivity index (χ1) is 4.75. The van der Waals surface area contributed by atoms with E-state index >= 15 is 0 Å². The van der Waals surface area contributed by atoms with Gasteiger partial charge in [0.15, 0.2) is 0 Å². The Hall–Kier alpha value is -1.06. The van der Waals surface area contributed by atoms with Crippen LogP contribution in [0.4, 0.5) is 0 Å². The van der Waals surface area contributed by atoms with Gasteiger partial charge in [-0.05, 0) is 13.3 Å². The lowest BCUT2D eigenvalue weighted by Crippen LogP contribution is -2.17. The number of aryl methyl sites for hydroxylation is 2. The molecule has 0 atom stereocenters.